The number of aliphatic hydroxyl groups excluding tert-OH is 3. The van der Waals surface area contributed by atoms with E-state index in [0.29, 0.717) is 17.9 Å². The normalized spacial score (nSPS) is 16.1. The maximum atomic E-state index is 13.9. The van der Waals surface area contributed by atoms with Crippen LogP contribution in [0.25, 0.3) is 0 Å². The number of amides is 12. The third-order valence-electron chi connectivity index (χ3n) is 12.9. The number of aliphatic hydroxyl groups is 3. The van der Waals surface area contributed by atoms with E-state index in [1.165, 1.54) is 44.3 Å². The Morgan fingerprint density at radius 2 is 0.659 bits per heavy atom. The summed E-state index contributed by atoms with van der Waals surface area (Å²) >= 11 is 15.2. The van der Waals surface area contributed by atoms with Crippen LogP contribution in [0.4, 0.5) is 0 Å². The lowest BCUT2D eigenvalue weighted by Gasteiger charge is -2.28. The Labute approximate surface area is 539 Å². The summed E-state index contributed by atoms with van der Waals surface area (Å²) in [5.74, 6) is -13.0. The number of nitrogens with two attached hydrogens (primary N) is 1. The standard InChI is InChI=1S/C53H95N13O17S5/c1-24(2)16-32(45(74)57-31(13-15-88-11)44(73)65-39(23-86)53(82)83)58-41(70)28(8)56-52(81)40(29(9)69)66-47(76)34(18-26(5)6)60-50(79)37(21-84)64-49(78)36(20-68)62-51(80)38(22-85)63-46(75)33(17-25(3)4)59-48(77)35(19-67)61-42(71)27(7)55-43(72)30(54)12-14-87-10/h24-40,67-69,84-86H,12-23,54H2,1-11H3,(H,55,72)(H,56,81)(H,57,74)(H,58,70)(H,59,77)(H,60,79)(H,61,71)(H,62,80)(H,63,75)(H,64,78)(H,65,73)(H,66,76)(H,82,83)/t27-,28-,29+,30-,31-,32-,33-,34-,35-,36-,37-,38-,39-,40-/m0/s1. The third kappa shape index (κ3) is 30.9. The van der Waals surface area contributed by atoms with Crippen LogP contribution in [0.3, 0.4) is 0 Å². The van der Waals surface area contributed by atoms with Crippen LogP contribution < -0.4 is 69.5 Å². The number of hydrogen-bond donors (Lipinski definition) is 20. The first-order valence-electron chi connectivity index (χ1n) is 28.5. The zero-order chi connectivity index (χ0) is 67.7. The summed E-state index contributed by atoms with van der Waals surface area (Å²) in [6.07, 6.45) is 2.46. The van der Waals surface area contributed by atoms with Gasteiger partial charge >= 0.3 is 5.97 Å². The van der Waals surface area contributed by atoms with Gasteiger partial charge in [0, 0.05) is 17.3 Å². The van der Waals surface area contributed by atoms with Gasteiger partial charge in [-0.05, 0) is 94.6 Å². The number of thiol groups is 3. The Hall–Kier alpha value is -5.30. The molecule has 12 amide bonds. The second-order valence-electron chi connectivity index (χ2n) is 22.0. The average molecular weight is 1350 g/mol. The molecule has 0 aromatic carbocycles. The highest BCUT2D eigenvalue weighted by molar-refractivity contribution is 7.98. The smallest absolute Gasteiger partial charge is 0.327 e. The first kappa shape index (κ1) is 82.7. The van der Waals surface area contributed by atoms with Crippen molar-refractivity contribution in [3.8, 4) is 0 Å². The summed E-state index contributed by atoms with van der Waals surface area (Å²) in [7, 11) is 0. The fourth-order valence-electron chi connectivity index (χ4n) is 7.86. The van der Waals surface area contributed by atoms with Crippen LogP contribution in [0.5, 0.6) is 0 Å². The Balaban J connectivity index is 6.14. The van der Waals surface area contributed by atoms with Gasteiger partial charge in [-0.25, -0.2) is 4.79 Å². The molecule has 0 spiro atoms. The largest absolute Gasteiger partial charge is 0.480 e. The molecule has 0 rings (SSSR count). The Morgan fingerprint density at radius 1 is 0.375 bits per heavy atom. The maximum absolute atomic E-state index is 13.9. The molecule has 18 N–H and O–H groups in total. The van der Waals surface area contributed by atoms with E-state index in [1.54, 1.807) is 47.8 Å². The molecule has 0 aliphatic carbocycles. The van der Waals surface area contributed by atoms with E-state index in [-0.39, 0.29) is 54.9 Å². The van der Waals surface area contributed by atoms with E-state index in [0.717, 1.165) is 0 Å². The summed E-state index contributed by atoms with van der Waals surface area (Å²) < 4.78 is 0. The predicted octanol–water partition coefficient (Wildman–Crippen LogP) is -4.95. The first-order valence-corrected chi connectivity index (χ1v) is 33.2. The summed E-state index contributed by atoms with van der Waals surface area (Å²) in [4.78, 5) is 173. The van der Waals surface area contributed by atoms with E-state index < -0.39 is 180 Å². The van der Waals surface area contributed by atoms with Gasteiger partial charge in [0.2, 0.25) is 70.9 Å². The molecular formula is C53H95N13O17S5. The van der Waals surface area contributed by atoms with Crippen molar-refractivity contribution in [2.45, 2.75) is 179 Å². The molecule has 0 heterocycles. The Morgan fingerprint density at radius 3 is 1.01 bits per heavy atom. The molecule has 0 radical (unpaired) electrons. The van der Waals surface area contributed by atoms with Crippen LogP contribution in [0, 0.1) is 17.8 Å². The molecule has 0 saturated carbocycles. The van der Waals surface area contributed by atoms with Crippen molar-refractivity contribution in [2.75, 3.05) is 54.5 Å². The molecule has 0 unspecified atom stereocenters. The van der Waals surface area contributed by atoms with Gasteiger partial charge in [0.1, 0.15) is 72.5 Å². The lowest BCUT2D eigenvalue weighted by atomic mass is 10.0. The number of hydrogen-bond acceptors (Lipinski definition) is 22. The van der Waals surface area contributed by atoms with E-state index in [4.69, 9.17) is 5.73 Å². The molecule has 30 nitrogen and oxygen atoms in total. The van der Waals surface area contributed by atoms with Crippen LogP contribution in [0.15, 0.2) is 0 Å². The lowest BCUT2D eigenvalue weighted by molar-refractivity contribution is -0.141. The number of nitrogens with one attached hydrogen (secondary N) is 12. The molecule has 35 heteroatoms. The molecule has 14 atom stereocenters. The van der Waals surface area contributed by atoms with Gasteiger partial charge in [-0.2, -0.15) is 61.4 Å². The summed E-state index contributed by atoms with van der Waals surface area (Å²) in [6.45, 7) is 12.2. The lowest BCUT2D eigenvalue weighted by Crippen LogP contribution is -2.62. The maximum Gasteiger partial charge on any atom is 0.327 e. The van der Waals surface area contributed by atoms with E-state index in [1.807, 2.05) is 6.26 Å². The van der Waals surface area contributed by atoms with Crippen molar-refractivity contribution in [2.24, 2.45) is 23.5 Å². The van der Waals surface area contributed by atoms with E-state index in [9.17, 15) is 82.8 Å². The monoisotopic (exact) mass is 1350 g/mol. The van der Waals surface area contributed by atoms with Gasteiger partial charge in [-0.3, -0.25) is 57.5 Å². The van der Waals surface area contributed by atoms with Crippen LogP contribution in [0.2, 0.25) is 0 Å². The van der Waals surface area contributed by atoms with Gasteiger partial charge in [0.15, 0.2) is 0 Å². The number of carbonyl (C=O) groups is 13. The van der Waals surface area contributed by atoms with E-state index in [2.05, 4.69) is 102 Å². The number of thioether (sulfide) groups is 2. The molecule has 0 saturated heterocycles. The second-order valence-corrected chi connectivity index (χ2v) is 25.1. The molecule has 0 bridgehead atoms. The summed E-state index contributed by atoms with van der Waals surface area (Å²) in [5, 5.41) is 69.4. The van der Waals surface area contributed by atoms with Crippen molar-refractivity contribution < 1.29 is 82.8 Å². The minimum atomic E-state index is -1.76. The fraction of sp³-hybridized carbons (Fsp3) is 0.755. The molecule has 0 aromatic heterocycles. The van der Waals surface area contributed by atoms with Crippen molar-refractivity contribution in [1.29, 1.82) is 0 Å². The Bertz CT molecular complexity index is 2330. The second kappa shape index (κ2) is 43.4. The first-order chi connectivity index (χ1) is 41.2. The molecule has 0 aromatic rings. The minimum absolute atomic E-state index is 0.00984. The third-order valence-corrected chi connectivity index (χ3v) is 15.2. The molecule has 0 aliphatic rings. The molecule has 504 valence electrons. The predicted molar refractivity (Wildman–Crippen MR) is 342 cm³/mol. The van der Waals surface area contributed by atoms with Gasteiger partial charge in [-0.15, -0.1) is 0 Å². The number of carbonyl (C=O) groups excluding carboxylic acids is 12. The SMILES string of the molecule is CSCC[C@H](NC(=O)[C@H](CC(C)C)NC(=O)[C@H](C)NC(=O)[C@@H](NC(=O)[C@H](CC(C)C)NC(=O)[C@H](CS)NC(=O)[C@H](CO)NC(=O)[C@H](CS)NC(=O)[C@H](CC(C)C)NC(=O)[C@H](CO)NC(=O)[C@H](C)NC(=O)[C@@H](N)CCSC)[C@@H](C)O)C(=O)N[C@@H](CS)C(=O)O. The van der Waals surface area contributed by atoms with Gasteiger partial charge in [0.05, 0.1) is 25.4 Å². The van der Waals surface area contributed by atoms with Crippen molar-refractivity contribution >= 4 is 138 Å². The average Bonchev–Trinajstić information content (AvgIpc) is 3.15. The fourth-order valence-corrected chi connectivity index (χ4v) is 9.59. The topological polar surface area (TPSA) is 473 Å². The van der Waals surface area contributed by atoms with E-state index >= 15 is 0 Å². The molecular weight excluding hydrogens is 1250 g/mol. The number of rotatable bonds is 43. The molecule has 0 fully saturated rings. The zero-order valence-corrected chi connectivity index (χ0v) is 55.9. The van der Waals surface area contributed by atoms with Gasteiger partial charge < -0.3 is 90.0 Å². The minimum Gasteiger partial charge on any atom is -0.480 e. The number of carboxylic acid groups (broad SMARTS) is 1. The summed E-state index contributed by atoms with van der Waals surface area (Å²) in [6, 6.07) is -18.2. The van der Waals surface area contributed by atoms with Crippen LogP contribution >= 0.6 is 61.4 Å². The quantitative estimate of drug-likeness (QED) is 0.0254. The van der Waals surface area contributed by atoms with Crippen LogP contribution in [0.1, 0.15) is 94.4 Å². The van der Waals surface area contributed by atoms with Crippen LogP contribution in [-0.2, 0) is 62.3 Å². The number of carboxylic acids is 1. The Kier molecular flexibility index (Phi) is 40.8. The zero-order valence-electron chi connectivity index (χ0n) is 51.6. The van der Waals surface area contributed by atoms with Crippen molar-refractivity contribution in [3.05, 3.63) is 0 Å². The van der Waals surface area contributed by atoms with Crippen molar-refractivity contribution in [3.63, 3.8) is 0 Å². The van der Waals surface area contributed by atoms with Crippen molar-refractivity contribution in [1.82, 2.24) is 63.8 Å². The molecule has 0 aliphatic heterocycles. The highest BCUT2D eigenvalue weighted by atomic mass is 32.2. The highest BCUT2D eigenvalue weighted by Gasteiger charge is 2.37. The number of aliphatic carboxylic acids is 1. The highest BCUT2D eigenvalue weighted by Crippen LogP contribution is 2.12. The van der Waals surface area contributed by atoms with Crippen LogP contribution in [-0.4, -0.2) is 236 Å². The summed E-state index contributed by atoms with van der Waals surface area (Å²) in [5.41, 5.74) is 5.88. The molecule has 88 heavy (non-hydrogen) atoms. The van der Waals surface area contributed by atoms with Gasteiger partial charge in [0.25, 0.3) is 0 Å². The van der Waals surface area contributed by atoms with Gasteiger partial charge in [-0.1, -0.05) is 41.5 Å².